The minimum absolute atomic E-state index is 0.139. The second-order valence-electron chi connectivity index (χ2n) is 9.95. The predicted molar refractivity (Wildman–Crippen MR) is 136 cm³/mol. The molecule has 0 saturated carbocycles. The topological polar surface area (TPSA) is 87.7 Å². The fraction of sp³-hybridized carbons (Fsp3) is 0.667. The molecule has 0 heterocycles. The minimum Gasteiger partial charge on any atom is -0.444 e. The number of nitrogens with one attached hydrogen (secondary N) is 2. The molecule has 0 aliphatic heterocycles. The molecule has 7 heteroatoms. The van der Waals surface area contributed by atoms with Crippen molar-refractivity contribution in [2.75, 3.05) is 13.1 Å². The number of carbonyl (C=O) groups is 3. The number of benzene rings is 1. The maximum Gasteiger partial charge on any atom is 0.408 e. The van der Waals surface area contributed by atoms with Gasteiger partial charge in [-0.2, -0.15) is 0 Å². The molecule has 3 unspecified atom stereocenters. The number of rotatable bonds is 12. The summed E-state index contributed by atoms with van der Waals surface area (Å²) in [6, 6.07) is 6.07. The van der Waals surface area contributed by atoms with Crippen molar-refractivity contribution in [1.29, 1.82) is 0 Å². The number of alkyl carbamates (subject to hydrolysis) is 1. The molecule has 0 bridgehead atoms. The molecule has 0 aliphatic carbocycles. The average Bonchev–Trinajstić information content (AvgIpc) is 2.76. The van der Waals surface area contributed by atoms with Crippen LogP contribution in [0.1, 0.15) is 91.3 Å². The van der Waals surface area contributed by atoms with E-state index in [2.05, 4.69) is 17.6 Å². The van der Waals surface area contributed by atoms with Gasteiger partial charge in [-0.25, -0.2) is 4.79 Å². The van der Waals surface area contributed by atoms with E-state index in [0.29, 0.717) is 19.5 Å². The van der Waals surface area contributed by atoms with Crippen molar-refractivity contribution >= 4 is 17.9 Å². The van der Waals surface area contributed by atoms with Gasteiger partial charge in [-0.1, -0.05) is 69.9 Å². The van der Waals surface area contributed by atoms with E-state index in [9.17, 15) is 14.4 Å². The van der Waals surface area contributed by atoms with Gasteiger partial charge in [-0.3, -0.25) is 9.59 Å². The summed E-state index contributed by atoms with van der Waals surface area (Å²) in [4.78, 5) is 41.3. The lowest BCUT2D eigenvalue weighted by atomic mass is 9.95. The number of hydrogen-bond donors (Lipinski definition) is 2. The third-order valence-corrected chi connectivity index (χ3v) is 5.77. The van der Waals surface area contributed by atoms with Crippen LogP contribution in [0.2, 0.25) is 0 Å². The van der Waals surface area contributed by atoms with Crippen LogP contribution >= 0.6 is 0 Å². The second-order valence-corrected chi connectivity index (χ2v) is 9.95. The van der Waals surface area contributed by atoms with Crippen molar-refractivity contribution < 1.29 is 19.1 Å². The SMILES string of the molecule is CCCCCNC(=O)C(c1cccc(C)c1)N(CC)C(=O)C(NC(=O)OC(C)(C)C)C(C)CC. The number of aryl methyl sites for hydroxylation is 1. The van der Waals surface area contributed by atoms with Gasteiger partial charge < -0.3 is 20.3 Å². The van der Waals surface area contributed by atoms with Crippen LogP contribution in [0.15, 0.2) is 24.3 Å². The predicted octanol–water partition coefficient (Wildman–Crippen LogP) is 5.13. The summed E-state index contributed by atoms with van der Waals surface area (Å²) in [5.74, 6) is -0.644. The number of amides is 3. The van der Waals surface area contributed by atoms with Crippen molar-refractivity contribution in [1.82, 2.24) is 15.5 Å². The van der Waals surface area contributed by atoms with Crippen molar-refractivity contribution in [3.8, 4) is 0 Å². The van der Waals surface area contributed by atoms with E-state index in [1.54, 1.807) is 25.7 Å². The van der Waals surface area contributed by atoms with E-state index in [0.717, 1.165) is 30.4 Å². The average molecular weight is 476 g/mol. The van der Waals surface area contributed by atoms with E-state index in [1.807, 2.05) is 52.0 Å². The minimum atomic E-state index is -0.806. The van der Waals surface area contributed by atoms with Crippen LogP contribution in [0.5, 0.6) is 0 Å². The molecule has 0 aliphatic rings. The van der Waals surface area contributed by atoms with Crippen molar-refractivity contribution in [2.24, 2.45) is 5.92 Å². The summed E-state index contributed by atoms with van der Waals surface area (Å²) in [7, 11) is 0. The van der Waals surface area contributed by atoms with Crippen LogP contribution in [0, 0.1) is 12.8 Å². The molecule has 1 aromatic rings. The Morgan fingerprint density at radius 2 is 1.76 bits per heavy atom. The van der Waals surface area contributed by atoms with Crippen LogP contribution in [0.4, 0.5) is 4.79 Å². The molecule has 7 nitrogen and oxygen atoms in total. The zero-order chi connectivity index (χ0) is 25.9. The van der Waals surface area contributed by atoms with Crippen molar-refractivity contribution in [3.05, 3.63) is 35.4 Å². The van der Waals surface area contributed by atoms with Crippen LogP contribution in [-0.4, -0.2) is 47.5 Å². The molecule has 2 N–H and O–H groups in total. The highest BCUT2D eigenvalue weighted by molar-refractivity contribution is 5.92. The lowest BCUT2D eigenvalue weighted by Crippen LogP contribution is -2.55. The third kappa shape index (κ3) is 9.35. The highest BCUT2D eigenvalue weighted by Gasteiger charge is 2.37. The summed E-state index contributed by atoms with van der Waals surface area (Å²) >= 11 is 0. The summed E-state index contributed by atoms with van der Waals surface area (Å²) < 4.78 is 5.41. The second kappa shape index (κ2) is 14.0. The monoisotopic (exact) mass is 475 g/mol. The molecule has 3 amide bonds. The number of carbonyl (C=O) groups excluding carboxylic acids is 3. The molecule has 0 radical (unpaired) electrons. The summed E-state index contributed by atoms with van der Waals surface area (Å²) in [6.07, 6.45) is 3.02. The van der Waals surface area contributed by atoms with Crippen LogP contribution < -0.4 is 10.6 Å². The number of likely N-dealkylation sites (N-methyl/N-ethyl adjacent to an activating group) is 1. The zero-order valence-electron chi connectivity index (χ0n) is 22.4. The smallest absolute Gasteiger partial charge is 0.408 e. The highest BCUT2D eigenvalue weighted by Crippen LogP contribution is 2.25. The first-order chi connectivity index (χ1) is 15.9. The number of unbranched alkanes of at least 4 members (excludes halogenated alkanes) is 2. The van der Waals surface area contributed by atoms with Gasteiger partial charge in [0.15, 0.2) is 0 Å². The Morgan fingerprint density at radius 1 is 1.09 bits per heavy atom. The fourth-order valence-electron chi connectivity index (χ4n) is 3.76. The Balaban J connectivity index is 3.29. The summed E-state index contributed by atoms with van der Waals surface area (Å²) in [5.41, 5.74) is 1.08. The van der Waals surface area contributed by atoms with E-state index >= 15 is 0 Å². The first-order valence-electron chi connectivity index (χ1n) is 12.6. The van der Waals surface area contributed by atoms with Gasteiger partial charge in [0.25, 0.3) is 0 Å². The fourth-order valence-corrected chi connectivity index (χ4v) is 3.76. The molecular formula is C27H45N3O4. The van der Waals surface area contributed by atoms with Crippen LogP contribution in [0.3, 0.4) is 0 Å². The molecule has 0 saturated heterocycles. The maximum absolute atomic E-state index is 13.8. The molecule has 0 spiro atoms. The van der Waals surface area contributed by atoms with Gasteiger partial charge in [0.1, 0.15) is 17.7 Å². The van der Waals surface area contributed by atoms with Crippen molar-refractivity contribution in [2.45, 2.75) is 98.8 Å². The largest absolute Gasteiger partial charge is 0.444 e. The quantitative estimate of drug-likeness (QED) is 0.410. The van der Waals surface area contributed by atoms with Gasteiger partial charge in [-0.05, 0) is 52.5 Å². The van der Waals surface area contributed by atoms with Crippen molar-refractivity contribution in [3.63, 3.8) is 0 Å². The molecule has 3 atom stereocenters. The van der Waals surface area contributed by atoms with E-state index < -0.39 is 23.8 Å². The van der Waals surface area contributed by atoms with Gasteiger partial charge in [0.05, 0.1) is 0 Å². The normalized spacial score (nSPS) is 14.0. The lowest BCUT2D eigenvalue weighted by molar-refractivity contribution is -0.143. The molecule has 0 fully saturated rings. The highest BCUT2D eigenvalue weighted by atomic mass is 16.6. The van der Waals surface area contributed by atoms with Gasteiger partial charge >= 0.3 is 6.09 Å². The van der Waals surface area contributed by atoms with E-state index in [4.69, 9.17) is 4.74 Å². The molecule has 1 rings (SSSR count). The Morgan fingerprint density at radius 3 is 2.29 bits per heavy atom. The van der Waals surface area contributed by atoms with E-state index in [-0.39, 0.29) is 17.7 Å². The van der Waals surface area contributed by atoms with Gasteiger partial charge in [-0.15, -0.1) is 0 Å². The Labute approximate surface area is 206 Å². The number of hydrogen-bond acceptors (Lipinski definition) is 4. The first-order valence-corrected chi connectivity index (χ1v) is 12.6. The Bertz CT molecular complexity index is 803. The van der Waals surface area contributed by atoms with Crippen LogP contribution in [0.25, 0.3) is 0 Å². The molecule has 34 heavy (non-hydrogen) atoms. The first kappa shape index (κ1) is 29.5. The van der Waals surface area contributed by atoms with Gasteiger partial charge in [0, 0.05) is 13.1 Å². The maximum atomic E-state index is 13.8. The van der Waals surface area contributed by atoms with Gasteiger partial charge in [0.2, 0.25) is 11.8 Å². The number of ether oxygens (including phenoxy) is 1. The molecule has 1 aromatic carbocycles. The lowest BCUT2D eigenvalue weighted by Gasteiger charge is -2.35. The van der Waals surface area contributed by atoms with Crippen LogP contribution in [-0.2, 0) is 14.3 Å². The Hall–Kier alpha value is -2.57. The molecule has 0 aromatic heterocycles. The third-order valence-electron chi connectivity index (χ3n) is 5.77. The Kier molecular flexibility index (Phi) is 12.1. The molecular weight excluding hydrogens is 430 g/mol. The van der Waals surface area contributed by atoms with E-state index in [1.165, 1.54) is 0 Å². The zero-order valence-corrected chi connectivity index (χ0v) is 22.4. The molecule has 192 valence electrons. The summed E-state index contributed by atoms with van der Waals surface area (Å²) in [6.45, 7) is 16.0. The summed E-state index contributed by atoms with van der Waals surface area (Å²) in [5, 5.41) is 5.79. The standard InChI is InChI=1S/C27H45N3O4/c1-9-12-13-17-28-24(31)23(21-16-14-15-19(4)18-21)30(11-3)25(32)22(20(5)10-2)29-26(33)34-27(6,7)8/h14-16,18,20,22-23H,9-13,17H2,1-8H3,(H,28,31)(H,29,33). The number of nitrogens with zero attached hydrogens (tertiary/aromatic N) is 1.